The third-order valence-electron chi connectivity index (χ3n) is 4.91. The van der Waals surface area contributed by atoms with E-state index in [1.807, 2.05) is 0 Å². The van der Waals surface area contributed by atoms with Crippen LogP contribution in [0.4, 0.5) is 14.9 Å². The number of aryl methyl sites for hydroxylation is 1. The third-order valence-corrected chi connectivity index (χ3v) is 4.91. The molecule has 1 aromatic heterocycles. The Morgan fingerprint density at radius 1 is 1.23 bits per heavy atom. The topological polar surface area (TPSA) is 158 Å². The zero-order valence-corrected chi connectivity index (χ0v) is 19.3. The molecule has 1 heterocycles. The van der Waals surface area contributed by atoms with E-state index in [1.54, 1.807) is 56.3 Å². The van der Waals surface area contributed by atoms with Crippen molar-refractivity contribution < 1.29 is 28.0 Å². The fourth-order valence-corrected chi connectivity index (χ4v) is 3.09. The summed E-state index contributed by atoms with van der Waals surface area (Å²) in [6.07, 6.45) is -1.61. The van der Waals surface area contributed by atoms with Crippen LogP contribution < -0.4 is 16.9 Å². The van der Waals surface area contributed by atoms with E-state index >= 15 is 0 Å². The molecule has 5 N–H and O–H groups in total. The Morgan fingerprint density at radius 3 is 2.57 bits per heavy atom. The Balaban J connectivity index is 1.72. The number of hydrazine groups is 1. The van der Waals surface area contributed by atoms with Crippen molar-refractivity contribution in [3.05, 3.63) is 71.2 Å². The van der Waals surface area contributed by atoms with Gasteiger partial charge in [0.15, 0.2) is 18.1 Å². The number of rotatable bonds is 8. The van der Waals surface area contributed by atoms with E-state index in [0.29, 0.717) is 22.5 Å². The van der Waals surface area contributed by atoms with Gasteiger partial charge in [-0.15, -0.1) is 5.10 Å². The summed E-state index contributed by atoms with van der Waals surface area (Å²) in [6.45, 7) is 2.95. The van der Waals surface area contributed by atoms with Gasteiger partial charge in [0, 0.05) is 16.7 Å². The van der Waals surface area contributed by atoms with Crippen LogP contribution in [0.2, 0.25) is 0 Å². The van der Waals surface area contributed by atoms with Gasteiger partial charge in [0.2, 0.25) is 0 Å². The molecule has 3 aromatic rings. The average molecular weight is 484 g/mol. The van der Waals surface area contributed by atoms with Crippen LogP contribution in [0.15, 0.2) is 58.2 Å². The number of nitrogens with one attached hydrogen (secondary N) is 1. The van der Waals surface area contributed by atoms with Crippen molar-refractivity contribution in [2.45, 2.75) is 20.0 Å². The lowest BCUT2D eigenvalue weighted by atomic mass is 10.1. The molecule has 0 saturated carbocycles. The van der Waals surface area contributed by atoms with Crippen molar-refractivity contribution >= 4 is 23.6 Å². The molecule has 2 aromatic carbocycles. The highest BCUT2D eigenvalue weighted by atomic mass is 19.1. The monoisotopic (exact) mass is 484 g/mol. The van der Waals surface area contributed by atoms with Gasteiger partial charge >= 0.3 is 12.1 Å². The Bertz CT molecular complexity index is 1230. The molecule has 0 aliphatic carbocycles. The zero-order chi connectivity index (χ0) is 25.5. The van der Waals surface area contributed by atoms with E-state index in [0.717, 1.165) is 5.12 Å². The van der Waals surface area contributed by atoms with Gasteiger partial charge in [-0.25, -0.2) is 20.1 Å². The smallest absolute Gasteiger partial charge is 0.412 e. The van der Waals surface area contributed by atoms with E-state index in [1.165, 1.54) is 13.2 Å². The second-order valence-corrected chi connectivity index (χ2v) is 7.40. The number of benzene rings is 2. The maximum Gasteiger partial charge on any atom is 0.412 e. The number of nitrogens with zero attached hydrogens (tertiary/aromatic N) is 3. The molecule has 0 bridgehead atoms. The number of halogens is 1. The molecule has 184 valence electrons. The summed E-state index contributed by atoms with van der Waals surface area (Å²) in [5.74, 6) is 4.94. The molecule has 0 aliphatic rings. The van der Waals surface area contributed by atoms with Crippen LogP contribution in [-0.2, 0) is 14.3 Å². The minimum absolute atomic E-state index is 0.0701. The molecule has 1 amide bonds. The maximum atomic E-state index is 14.0. The van der Waals surface area contributed by atoms with E-state index in [9.17, 15) is 14.0 Å². The van der Waals surface area contributed by atoms with Gasteiger partial charge in [0.05, 0.1) is 7.11 Å². The summed E-state index contributed by atoms with van der Waals surface area (Å²) in [5, 5.41) is 11.3. The maximum absolute atomic E-state index is 14.0. The number of amides is 1. The van der Waals surface area contributed by atoms with Gasteiger partial charge in [-0.05, 0) is 19.9 Å². The fraction of sp³-hybridized carbons (Fsp3) is 0.217. The van der Waals surface area contributed by atoms with E-state index in [-0.39, 0.29) is 23.7 Å². The molecule has 3 rings (SSSR count). The van der Waals surface area contributed by atoms with E-state index < -0.39 is 24.0 Å². The molecule has 1 atom stereocenters. The van der Waals surface area contributed by atoms with Gasteiger partial charge in [-0.1, -0.05) is 47.6 Å². The highest BCUT2D eigenvalue weighted by Gasteiger charge is 2.21. The van der Waals surface area contributed by atoms with Crippen LogP contribution >= 0.6 is 0 Å². The minimum atomic E-state index is -0.817. The lowest BCUT2D eigenvalue weighted by Crippen LogP contribution is -2.34. The Kier molecular flexibility index (Phi) is 8.00. The lowest BCUT2D eigenvalue weighted by Gasteiger charge is -2.15. The second kappa shape index (κ2) is 11.1. The number of carbonyl (C=O) groups is 2. The second-order valence-electron chi connectivity index (χ2n) is 7.40. The number of carbonyl (C=O) groups excluding carboxylic acids is 2. The summed E-state index contributed by atoms with van der Waals surface area (Å²) in [5.41, 5.74) is 8.03. The van der Waals surface area contributed by atoms with Crippen LogP contribution in [0.1, 0.15) is 29.8 Å². The van der Waals surface area contributed by atoms with Crippen LogP contribution in [0.3, 0.4) is 0 Å². The van der Waals surface area contributed by atoms with Gasteiger partial charge < -0.3 is 19.7 Å². The predicted molar refractivity (Wildman–Crippen MR) is 125 cm³/mol. The number of ether oxygens (including phenoxy) is 2. The molecule has 0 radical (unpaired) electrons. The van der Waals surface area contributed by atoms with Crippen LogP contribution in [0.25, 0.3) is 11.3 Å². The fourth-order valence-electron chi connectivity index (χ4n) is 3.09. The normalized spacial score (nSPS) is 12.1. The molecule has 0 spiro atoms. The summed E-state index contributed by atoms with van der Waals surface area (Å²) < 4.78 is 29.2. The number of amidine groups is 1. The number of anilines is 1. The molecule has 0 fully saturated rings. The first-order valence-electron chi connectivity index (χ1n) is 10.4. The Hall–Kier alpha value is -4.45. The summed E-state index contributed by atoms with van der Waals surface area (Å²) in [4.78, 5) is 23.8. The number of methoxy groups -OCH3 is 1. The molecular formula is C23H25FN6O5. The SMILES string of the molecule is COC(=O)CN(N)/N=C(\N)c1ccc(-c2onc(C)c2NC(=O)OC(C)c2ccccc2F)cc1. The van der Waals surface area contributed by atoms with Crippen molar-refractivity contribution in [1.82, 2.24) is 10.3 Å². The highest BCUT2D eigenvalue weighted by molar-refractivity contribution is 5.98. The van der Waals surface area contributed by atoms with E-state index in [4.69, 9.17) is 20.8 Å². The number of nitrogens with two attached hydrogens (primary N) is 2. The number of aromatic nitrogens is 1. The van der Waals surface area contributed by atoms with Crippen LogP contribution in [0, 0.1) is 12.7 Å². The third kappa shape index (κ3) is 6.32. The summed E-state index contributed by atoms with van der Waals surface area (Å²) in [6, 6.07) is 12.7. The van der Waals surface area contributed by atoms with Gasteiger partial charge in [0.1, 0.15) is 23.3 Å². The molecule has 35 heavy (non-hydrogen) atoms. The van der Waals surface area contributed by atoms with Crippen molar-refractivity contribution in [1.29, 1.82) is 0 Å². The van der Waals surface area contributed by atoms with Gasteiger partial charge in [0.25, 0.3) is 0 Å². The quantitative estimate of drug-likeness (QED) is 0.144. The molecule has 11 nitrogen and oxygen atoms in total. The molecular weight excluding hydrogens is 459 g/mol. The van der Waals surface area contributed by atoms with Crippen LogP contribution in [0.5, 0.6) is 0 Å². The standard InChI is InChI=1S/C23H25FN6O5/c1-13-20(27-23(32)34-14(2)17-6-4-5-7-18(17)24)21(35-29-13)15-8-10-16(11-9-15)22(25)28-30(26)12-19(31)33-3/h4-11,14H,12,26H2,1-3H3,(H2,25,28)(H,27,32). The number of hydrogen-bond donors (Lipinski definition) is 3. The number of hydrazone groups is 1. The Labute approximate surface area is 200 Å². The van der Waals surface area contributed by atoms with Crippen molar-refractivity contribution in [3.8, 4) is 11.3 Å². The molecule has 0 saturated heterocycles. The van der Waals surface area contributed by atoms with Gasteiger partial charge in [-0.2, -0.15) is 0 Å². The highest BCUT2D eigenvalue weighted by Crippen LogP contribution is 2.31. The number of esters is 1. The first kappa shape index (κ1) is 25.2. The predicted octanol–water partition coefficient (Wildman–Crippen LogP) is 3.07. The first-order valence-corrected chi connectivity index (χ1v) is 10.4. The first-order chi connectivity index (χ1) is 16.7. The number of hydrogen-bond acceptors (Lipinski definition) is 9. The lowest BCUT2D eigenvalue weighted by molar-refractivity contribution is -0.141. The molecule has 0 aliphatic heterocycles. The molecule has 1 unspecified atom stereocenters. The van der Waals surface area contributed by atoms with E-state index in [2.05, 4.69) is 20.3 Å². The van der Waals surface area contributed by atoms with Crippen molar-refractivity contribution in [2.24, 2.45) is 16.7 Å². The average Bonchev–Trinajstić information content (AvgIpc) is 3.18. The largest absolute Gasteiger partial charge is 0.468 e. The minimum Gasteiger partial charge on any atom is -0.468 e. The Morgan fingerprint density at radius 2 is 1.91 bits per heavy atom. The zero-order valence-electron chi connectivity index (χ0n) is 19.3. The van der Waals surface area contributed by atoms with Crippen molar-refractivity contribution in [2.75, 3.05) is 19.0 Å². The van der Waals surface area contributed by atoms with Crippen LogP contribution in [-0.4, -0.2) is 41.8 Å². The summed E-state index contributed by atoms with van der Waals surface area (Å²) >= 11 is 0. The van der Waals surface area contributed by atoms with Crippen molar-refractivity contribution in [3.63, 3.8) is 0 Å². The molecule has 12 heteroatoms. The summed E-state index contributed by atoms with van der Waals surface area (Å²) in [7, 11) is 1.24. The van der Waals surface area contributed by atoms with Gasteiger partial charge in [-0.3, -0.25) is 10.1 Å².